The van der Waals surface area contributed by atoms with Crippen molar-refractivity contribution in [3.05, 3.63) is 112 Å². The number of aliphatic hydroxyl groups excluding tert-OH is 1. The van der Waals surface area contributed by atoms with E-state index in [1.165, 1.54) is 15.5 Å². The average molecular weight is 755 g/mol. The highest BCUT2D eigenvalue weighted by Gasteiger charge is 2.32. The van der Waals surface area contributed by atoms with E-state index in [-0.39, 0.29) is 27.6 Å². The lowest BCUT2D eigenvalue weighted by Crippen LogP contribution is -2.26. The molecule has 0 aliphatic heterocycles. The van der Waals surface area contributed by atoms with Crippen molar-refractivity contribution in [2.24, 2.45) is 16.7 Å². The predicted octanol–water partition coefficient (Wildman–Crippen LogP) is 13.8. The minimum atomic E-state index is -0.148. The first-order chi connectivity index (χ1) is 24.6. The zero-order valence-electron chi connectivity index (χ0n) is 34.6. The molecule has 1 aliphatic rings. The highest BCUT2D eigenvalue weighted by molar-refractivity contribution is 8.03. The maximum absolute atomic E-state index is 11.4. The van der Waals surface area contributed by atoms with E-state index in [1.54, 1.807) is 0 Å². The number of thioether (sulfide) groups is 2. The molecular formula is C47H66N2O2S2. The van der Waals surface area contributed by atoms with Gasteiger partial charge in [-0.3, -0.25) is 0 Å². The largest absolute Gasteiger partial charge is 0.511 e. The Morgan fingerprint density at radius 2 is 1.19 bits per heavy atom. The average Bonchev–Trinajstić information content (AvgIpc) is 3.23. The van der Waals surface area contributed by atoms with Gasteiger partial charge in [-0.25, -0.2) is 0 Å². The molecule has 288 valence electrons. The van der Waals surface area contributed by atoms with Crippen molar-refractivity contribution in [3.8, 4) is 5.75 Å². The number of hydrogen-bond donors (Lipinski definition) is 3. The van der Waals surface area contributed by atoms with E-state index >= 15 is 0 Å². The van der Waals surface area contributed by atoms with Crippen molar-refractivity contribution in [2.45, 2.75) is 112 Å². The molecule has 0 heterocycles. The zero-order chi connectivity index (χ0) is 39.2. The molecule has 53 heavy (non-hydrogen) atoms. The first-order valence-corrected chi connectivity index (χ1v) is 21.3. The third kappa shape index (κ3) is 12.1. The van der Waals surface area contributed by atoms with Gasteiger partial charge in [-0.15, -0.1) is 23.5 Å². The maximum atomic E-state index is 11.4. The van der Waals surface area contributed by atoms with Crippen LogP contribution in [0.15, 0.2) is 106 Å². The Hall–Kier alpha value is -3.22. The van der Waals surface area contributed by atoms with Crippen LogP contribution in [-0.2, 0) is 10.8 Å². The number of nitrogens with one attached hydrogen (secondary N) is 1. The monoisotopic (exact) mass is 754 g/mol. The standard InChI is InChI=1S/C47H66N2O2S2/c1-44(2,3)38-25-24-36(30-39(42(38)50)45(4,5)6)52-28-16-26-49(35-22-20-34(21-23-35)48-33-18-14-13-15-19-33)27-17-29-53-37-31-40(46(7,8)9)43(51)41(32-37)47(10,11)12/h13-15,18-25,30-32,38,48,50-51H,16-17,26-29H2,1-12H3. The second-order valence-electron chi connectivity index (χ2n) is 18.6. The molecule has 0 fully saturated rings. The fourth-order valence-corrected chi connectivity index (χ4v) is 8.44. The van der Waals surface area contributed by atoms with Gasteiger partial charge in [0.15, 0.2) is 0 Å². The third-order valence-electron chi connectivity index (χ3n) is 9.73. The van der Waals surface area contributed by atoms with E-state index in [0.29, 0.717) is 11.5 Å². The van der Waals surface area contributed by atoms with Crippen LogP contribution in [0.3, 0.4) is 0 Å². The first kappa shape index (κ1) is 42.5. The van der Waals surface area contributed by atoms with Gasteiger partial charge in [0.25, 0.3) is 0 Å². The van der Waals surface area contributed by atoms with Crippen LogP contribution >= 0.6 is 23.5 Å². The van der Waals surface area contributed by atoms with E-state index in [4.69, 9.17) is 0 Å². The van der Waals surface area contributed by atoms with Crippen LogP contribution in [0.4, 0.5) is 17.1 Å². The summed E-state index contributed by atoms with van der Waals surface area (Å²) in [6, 6.07) is 23.5. The topological polar surface area (TPSA) is 55.7 Å². The van der Waals surface area contributed by atoms with Crippen molar-refractivity contribution in [1.29, 1.82) is 0 Å². The van der Waals surface area contributed by atoms with Crippen molar-refractivity contribution in [2.75, 3.05) is 34.8 Å². The Balaban J connectivity index is 1.47. The Bertz CT molecular complexity index is 1710. The van der Waals surface area contributed by atoms with Gasteiger partial charge in [-0.1, -0.05) is 113 Å². The highest BCUT2D eigenvalue weighted by atomic mass is 32.2. The number of phenolic OH excluding ortho intramolecular Hbond substituents is 1. The smallest absolute Gasteiger partial charge is 0.123 e. The molecule has 0 bridgehead atoms. The molecule has 4 nitrogen and oxygen atoms in total. The van der Waals surface area contributed by atoms with Crippen molar-refractivity contribution in [3.63, 3.8) is 0 Å². The first-order valence-electron chi connectivity index (χ1n) is 19.3. The van der Waals surface area contributed by atoms with Gasteiger partial charge in [0.2, 0.25) is 0 Å². The summed E-state index contributed by atoms with van der Waals surface area (Å²) in [5.74, 6) is 2.92. The summed E-state index contributed by atoms with van der Waals surface area (Å²) in [5.41, 5.74) is 5.97. The molecule has 0 saturated heterocycles. The lowest BCUT2D eigenvalue weighted by Gasteiger charge is -2.31. The van der Waals surface area contributed by atoms with E-state index in [1.807, 2.05) is 41.7 Å². The minimum absolute atomic E-state index is 0.0135. The fourth-order valence-electron chi connectivity index (χ4n) is 6.64. The third-order valence-corrected chi connectivity index (χ3v) is 11.9. The lowest BCUT2D eigenvalue weighted by atomic mass is 9.75. The summed E-state index contributed by atoms with van der Waals surface area (Å²) in [6.45, 7) is 28.1. The van der Waals surface area contributed by atoms with Gasteiger partial charge in [-0.2, -0.15) is 0 Å². The predicted molar refractivity (Wildman–Crippen MR) is 236 cm³/mol. The van der Waals surface area contributed by atoms with E-state index in [2.05, 4.69) is 160 Å². The minimum Gasteiger partial charge on any atom is -0.511 e. The highest BCUT2D eigenvalue weighted by Crippen LogP contribution is 2.43. The number of phenols is 1. The van der Waals surface area contributed by atoms with Gasteiger partial charge in [0.1, 0.15) is 11.5 Å². The van der Waals surface area contributed by atoms with Crippen LogP contribution in [0.25, 0.3) is 0 Å². The number of para-hydroxylation sites is 1. The van der Waals surface area contributed by atoms with E-state index in [0.717, 1.165) is 65.5 Å². The zero-order valence-corrected chi connectivity index (χ0v) is 36.2. The van der Waals surface area contributed by atoms with Crippen molar-refractivity contribution >= 4 is 40.6 Å². The van der Waals surface area contributed by atoms with Gasteiger partial charge in [-0.05, 0) is 106 Å². The number of nitrogens with zero attached hydrogens (tertiary/aromatic N) is 1. The van der Waals surface area contributed by atoms with Crippen molar-refractivity contribution in [1.82, 2.24) is 0 Å². The summed E-state index contributed by atoms with van der Waals surface area (Å²) in [6.07, 6.45) is 8.72. The summed E-state index contributed by atoms with van der Waals surface area (Å²) >= 11 is 3.78. The number of rotatable bonds is 13. The van der Waals surface area contributed by atoms with Crippen LogP contribution < -0.4 is 10.2 Å². The fraction of sp³-hybridized carbons (Fsp3) is 0.489. The van der Waals surface area contributed by atoms with Gasteiger partial charge >= 0.3 is 0 Å². The molecule has 4 rings (SSSR count). The Morgan fingerprint density at radius 3 is 1.70 bits per heavy atom. The molecule has 0 spiro atoms. The molecule has 0 saturated carbocycles. The summed E-state index contributed by atoms with van der Waals surface area (Å²) < 4.78 is 0. The second kappa shape index (κ2) is 17.5. The molecule has 0 aromatic heterocycles. The Morgan fingerprint density at radius 1 is 0.660 bits per heavy atom. The SMILES string of the molecule is CC(C)(C)C1=C(O)C(C(C)(C)C)C=CC(SCCCN(CCCSc2cc(C(C)(C)C)c(O)c(C(C)(C)C)c2)c2ccc(Nc3ccccc3)cc2)=C1. The Kier molecular flexibility index (Phi) is 14.0. The summed E-state index contributed by atoms with van der Waals surface area (Å²) in [5, 5.41) is 26.1. The molecule has 6 heteroatoms. The number of anilines is 3. The maximum Gasteiger partial charge on any atom is 0.123 e. The van der Waals surface area contributed by atoms with Crippen LogP contribution in [-0.4, -0.2) is 34.8 Å². The molecule has 1 aliphatic carbocycles. The number of allylic oxidation sites excluding steroid dienone is 4. The van der Waals surface area contributed by atoms with Crippen molar-refractivity contribution < 1.29 is 10.2 Å². The Labute approximate surface area is 330 Å². The van der Waals surface area contributed by atoms with E-state index in [9.17, 15) is 10.2 Å². The molecule has 1 atom stereocenters. The molecule has 0 amide bonds. The molecular weight excluding hydrogens is 689 g/mol. The van der Waals surface area contributed by atoms with Crippen LogP contribution in [0.1, 0.15) is 107 Å². The molecule has 3 aromatic carbocycles. The van der Waals surface area contributed by atoms with Crippen LogP contribution in [0.5, 0.6) is 5.75 Å². The molecule has 1 unspecified atom stereocenters. The van der Waals surface area contributed by atoms with Gasteiger partial charge < -0.3 is 20.4 Å². The van der Waals surface area contributed by atoms with E-state index < -0.39 is 0 Å². The van der Waals surface area contributed by atoms with Crippen LogP contribution in [0, 0.1) is 16.7 Å². The number of aromatic hydroxyl groups is 1. The molecule has 3 N–H and O–H groups in total. The van der Waals surface area contributed by atoms with Crippen LogP contribution in [0.2, 0.25) is 0 Å². The summed E-state index contributed by atoms with van der Waals surface area (Å²) in [7, 11) is 0. The van der Waals surface area contributed by atoms with Gasteiger partial charge in [0.05, 0.1) is 0 Å². The lowest BCUT2D eigenvalue weighted by molar-refractivity contribution is 0.231. The quantitative estimate of drug-likeness (QED) is 0.119. The normalized spacial score (nSPS) is 15.7. The number of benzene rings is 3. The molecule has 0 radical (unpaired) electrons. The summed E-state index contributed by atoms with van der Waals surface area (Å²) in [4.78, 5) is 4.97. The number of aliphatic hydroxyl groups is 1. The van der Waals surface area contributed by atoms with Gasteiger partial charge in [0, 0.05) is 57.0 Å². The number of hydrogen-bond acceptors (Lipinski definition) is 6. The second-order valence-corrected chi connectivity index (χ2v) is 20.9. The molecule has 3 aromatic rings.